The third-order valence-corrected chi connectivity index (χ3v) is 3.90. The summed E-state index contributed by atoms with van der Waals surface area (Å²) >= 11 is 0. The van der Waals surface area contributed by atoms with Crippen molar-refractivity contribution in [2.24, 2.45) is 5.73 Å². The van der Waals surface area contributed by atoms with Crippen molar-refractivity contribution in [1.29, 1.82) is 5.26 Å². The summed E-state index contributed by atoms with van der Waals surface area (Å²) in [7, 11) is 3.02. The van der Waals surface area contributed by atoms with E-state index in [2.05, 4.69) is 6.58 Å². The number of esters is 1. The van der Waals surface area contributed by atoms with Crippen molar-refractivity contribution in [3.8, 4) is 17.6 Å². The normalized spacial score (nSPS) is 16.5. The van der Waals surface area contributed by atoms with Gasteiger partial charge in [0.25, 0.3) is 0 Å². The van der Waals surface area contributed by atoms with E-state index in [1.165, 1.54) is 20.3 Å². The predicted molar refractivity (Wildman–Crippen MR) is 94.1 cm³/mol. The number of benzene rings is 1. The predicted octanol–water partition coefficient (Wildman–Crippen LogP) is 2.51. The second-order valence-corrected chi connectivity index (χ2v) is 5.40. The summed E-state index contributed by atoms with van der Waals surface area (Å²) in [6, 6.07) is 7.14. The maximum atomic E-state index is 12.6. The maximum Gasteiger partial charge on any atom is 0.338 e. The molecule has 1 aliphatic rings. The molecule has 1 aliphatic heterocycles. The van der Waals surface area contributed by atoms with Crippen molar-refractivity contribution in [3.05, 3.63) is 59.2 Å². The molecule has 0 amide bonds. The summed E-state index contributed by atoms with van der Waals surface area (Å²) < 4.78 is 21.1. The average Bonchev–Trinajstić information content (AvgIpc) is 2.64. The molecule has 0 bridgehead atoms. The number of hydrogen-bond donors (Lipinski definition) is 1. The molecular weight excluding hydrogens is 336 g/mol. The molecule has 2 N–H and O–H groups in total. The van der Waals surface area contributed by atoms with Gasteiger partial charge >= 0.3 is 5.97 Å². The molecule has 1 aromatic rings. The zero-order valence-electron chi connectivity index (χ0n) is 14.9. The number of ether oxygens (including phenoxy) is 4. The highest BCUT2D eigenvalue weighted by Crippen LogP contribution is 2.42. The van der Waals surface area contributed by atoms with E-state index < -0.39 is 11.9 Å². The van der Waals surface area contributed by atoms with Crippen LogP contribution in [0.4, 0.5) is 0 Å². The van der Waals surface area contributed by atoms with Crippen molar-refractivity contribution in [3.63, 3.8) is 0 Å². The van der Waals surface area contributed by atoms with Crippen molar-refractivity contribution in [2.75, 3.05) is 20.8 Å². The molecule has 7 nitrogen and oxygen atoms in total. The topological polar surface area (TPSA) is 104 Å². The van der Waals surface area contributed by atoms with Crippen LogP contribution in [0.2, 0.25) is 0 Å². The molecular formula is C19H20N2O5. The Morgan fingerprint density at radius 3 is 2.65 bits per heavy atom. The molecule has 7 heteroatoms. The molecule has 1 atom stereocenters. The van der Waals surface area contributed by atoms with Gasteiger partial charge in [-0.1, -0.05) is 18.7 Å². The van der Waals surface area contributed by atoms with Gasteiger partial charge in [-0.2, -0.15) is 5.26 Å². The fourth-order valence-electron chi connectivity index (χ4n) is 2.72. The lowest BCUT2D eigenvalue weighted by molar-refractivity contribution is -0.138. The molecule has 0 saturated carbocycles. The van der Waals surface area contributed by atoms with Gasteiger partial charge in [0, 0.05) is 0 Å². The minimum Gasteiger partial charge on any atom is -0.493 e. The van der Waals surface area contributed by atoms with Gasteiger partial charge < -0.3 is 24.7 Å². The highest BCUT2D eigenvalue weighted by Gasteiger charge is 2.36. The number of nitriles is 1. The summed E-state index contributed by atoms with van der Waals surface area (Å²) in [4.78, 5) is 12.6. The highest BCUT2D eigenvalue weighted by atomic mass is 16.5. The highest BCUT2D eigenvalue weighted by molar-refractivity contribution is 5.92. The van der Waals surface area contributed by atoms with Crippen LogP contribution in [0.25, 0.3) is 0 Å². The van der Waals surface area contributed by atoms with Crippen LogP contribution in [0.1, 0.15) is 18.4 Å². The standard InChI is InChI=1S/C19H20N2O5/c1-5-8-25-19(22)16-11(2)26-18(21)13(10-20)17(16)12-6-7-14(23-3)15(9-12)24-4/h5-7,9,17H,1,8,21H2,2-4H3/t17-/m1/s1. The van der Waals surface area contributed by atoms with Gasteiger partial charge in [-0.15, -0.1) is 0 Å². The van der Waals surface area contributed by atoms with E-state index in [9.17, 15) is 10.1 Å². The number of nitrogens with two attached hydrogens (primary N) is 1. The molecule has 136 valence electrons. The zero-order chi connectivity index (χ0) is 19.3. The molecule has 0 aliphatic carbocycles. The van der Waals surface area contributed by atoms with E-state index in [1.54, 1.807) is 25.1 Å². The number of carbonyl (C=O) groups excluding carboxylic acids is 1. The number of allylic oxidation sites excluding steroid dienone is 2. The molecule has 0 aromatic heterocycles. The number of carbonyl (C=O) groups is 1. The quantitative estimate of drug-likeness (QED) is 0.617. The first-order valence-corrected chi connectivity index (χ1v) is 7.76. The van der Waals surface area contributed by atoms with Gasteiger partial charge in [0.15, 0.2) is 11.5 Å². The average molecular weight is 356 g/mol. The molecule has 1 heterocycles. The lowest BCUT2D eigenvalue weighted by atomic mass is 9.83. The largest absolute Gasteiger partial charge is 0.493 e. The van der Waals surface area contributed by atoms with E-state index in [4.69, 9.17) is 24.7 Å². The van der Waals surface area contributed by atoms with E-state index in [1.807, 2.05) is 6.07 Å². The third kappa shape index (κ3) is 3.49. The van der Waals surface area contributed by atoms with E-state index in [-0.39, 0.29) is 29.4 Å². The van der Waals surface area contributed by atoms with Crippen molar-refractivity contribution in [1.82, 2.24) is 0 Å². The van der Waals surface area contributed by atoms with Crippen molar-refractivity contribution in [2.45, 2.75) is 12.8 Å². The van der Waals surface area contributed by atoms with Crippen LogP contribution in [0.3, 0.4) is 0 Å². The number of hydrogen-bond acceptors (Lipinski definition) is 7. The minimum atomic E-state index is -0.745. The van der Waals surface area contributed by atoms with Gasteiger partial charge in [-0.3, -0.25) is 0 Å². The van der Waals surface area contributed by atoms with Gasteiger partial charge in [0.2, 0.25) is 5.88 Å². The second-order valence-electron chi connectivity index (χ2n) is 5.40. The lowest BCUT2D eigenvalue weighted by Gasteiger charge is -2.27. The Balaban J connectivity index is 2.61. The first-order valence-electron chi connectivity index (χ1n) is 7.76. The van der Waals surface area contributed by atoms with E-state index in [0.717, 1.165) is 0 Å². The van der Waals surface area contributed by atoms with Crippen LogP contribution < -0.4 is 15.2 Å². The van der Waals surface area contributed by atoms with Gasteiger partial charge in [-0.05, 0) is 24.6 Å². The maximum absolute atomic E-state index is 12.6. The molecule has 0 saturated heterocycles. The zero-order valence-corrected chi connectivity index (χ0v) is 14.9. The number of nitrogens with zero attached hydrogens (tertiary/aromatic N) is 1. The van der Waals surface area contributed by atoms with E-state index >= 15 is 0 Å². The van der Waals surface area contributed by atoms with Gasteiger partial charge in [0.05, 0.1) is 25.7 Å². The summed E-state index contributed by atoms with van der Waals surface area (Å²) in [6.07, 6.45) is 1.46. The Morgan fingerprint density at radius 1 is 1.38 bits per heavy atom. The second kappa shape index (κ2) is 8.12. The first kappa shape index (κ1) is 18.9. The van der Waals surface area contributed by atoms with Crippen LogP contribution in [-0.2, 0) is 14.3 Å². The van der Waals surface area contributed by atoms with Crippen LogP contribution in [0, 0.1) is 11.3 Å². The van der Waals surface area contributed by atoms with Crippen LogP contribution >= 0.6 is 0 Å². The molecule has 0 spiro atoms. The third-order valence-electron chi connectivity index (χ3n) is 3.90. The SMILES string of the molecule is C=CCOC(=O)C1=C(C)OC(N)=C(C#N)[C@H]1c1ccc(OC)c(OC)c1. The Morgan fingerprint density at radius 2 is 2.08 bits per heavy atom. The van der Waals surface area contributed by atoms with Crippen molar-refractivity contribution < 1.29 is 23.7 Å². The number of methoxy groups -OCH3 is 2. The molecule has 2 rings (SSSR count). The summed E-state index contributed by atoms with van der Waals surface area (Å²) in [5.41, 5.74) is 6.81. The van der Waals surface area contributed by atoms with Crippen LogP contribution in [0.5, 0.6) is 11.5 Å². The Hall–Kier alpha value is -3.40. The lowest BCUT2D eigenvalue weighted by Crippen LogP contribution is -2.25. The summed E-state index contributed by atoms with van der Waals surface area (Å²) in [5, 5.41) is 9.57. The van der Waals surface area contributed by atoms with Crippen LogP contribution in [-0.4, -0.2) is 26.8 Å². The fraction of sp³-hybridized carbons (Fsp3) is 0.263. The molecule has 0 fully saturated rings. The Labute approximate surface area is 151 Å². The molecule has 1 aromatic carbocycles. The fourth-order valence-corrected chi connectivity index (χ4v) is 2.72. The first-order chi connectivity index (χ1) is 12.5. The van der Waals surface area contributed by atoms with E-state index in [0.29, 0.717) is 17.1 Å². The molecule has 0 unspecified atom stereocenters. The smallest absolute Gasteiger partial charge is 0.338 e. The van der Waals surface area contributed by atoms with Crippen molar-refractivity contribution >= 4 is 5.97 Å². The molecule has 0 radical (unpaired) electrons. The Kier molecular flexibility index (Phi) is 5.91. The van der Waals surface area contributed by atoms with Crippen LogP contribution in [0.15, 0.2) is 53.6 Å². The van der Waals surface area contributed by atoms with Gasteiger partial charge in [0.1, 0.15) is 24.0 Å². The number of rotatable bonds is 6. The molecule has 26 heavy (non-hydrogen) atoms. The van der Waals surface area contributed by atoms with Gasteiger partial charge in [-0.25, -0.2) is 4.79 Å². The Bertz CT molecular complexity index is 833. The minimum absolute atomic E-state index is 0.0371. The monoisotopic (exact) mass is 356 g/mol. The summed E-state index contributed by atoms with van der Waals surface area (Å²) in [5.74, 6) is -0.146. The summed E-state index contributed by atoms with van der Waals surface area (Å²) in [6.45, 7) is 5.16.